The van der Waals surface area contributed by atoms with Gasteiger partial charge in [0.15, 0.2) is 5.78 Å². The summed E-state index contributed by atoms with van der Waals surface area (Å²) in [5, 5.41) is 1.77. The molecule has 0 saturated carbocycles. The summed E-state index contributed by atoms with van der Waals surface area (Å²) in [5.41, 5.74) is 1.29. The molecule has 12 heteroatoms. The lowest BCUT2D eigenvalue weighted by Crippen LogP contribution is -2.51. The van der Waals surface area contributed by atoms with E-state index in [1.54, 1.807) is 24.3 Å². The summed E-state index contributed by atoms with van der Waals surface area (Å²) in [7, 11) is 0. The lowest BCUT2D eigenvalue weighted by molar-refractivity contribution is 0.00527. The maximum atomic E-state index is 13.7. The van der Waals surface area contributed by atoms with E-state index in [9.17, 15) is 19.2 Å². The number of nitrogens with zero attached hydrogens (tertiary/aromatic N) is 2. The summed E-state index contributed by atoms with van der Waals surface area (Å²) >= 11 is 25.7. The molecular formula is C24H12Br4Cl2N2O4. The van der Waals surface area contributed by atoms with Gasteiger partial charge in [-0.1, -0.05) is 53.0 Å². The maximum Gasteiger partial charge on any atom is 0.282 e. The van der Waals surface area contributed by atoms with Crippen LogP contribution in [0.25, 0.3) is 0 Å². The summed E-state index contributed by atoms with van der Waals surface area (Å²) in [6.07, 6.45) is 0. The Labute approximate surface area is 249 Å². The smallest absolute Gasteiger partial charge is 0.282 e. The highest BCUT2D eigenvalue weighted by Gasteiger charge is 2.46. The molecule has 0 unspecified atom stereocenters. The van der Waals surface area contributed by atoms with Crippen LogP contribution in [0.15, 0.2) is 60.4 Å². The molecule has 0 aromatic heterocycles. The molecule has 0 spiro atoms. The van der Waals surface area contributed by atoms with Crippen LogP contribution in [-0.2, 0) is 0 Å². The topological polar surface area (TPSA) is 74.8 Å². The molecule has 3 aromatic carbocycles. The molecule has 184 valence electrons. The van der Waals surface area contributed by atoms with Crippen LogP contribution < -0.4 is 0 Å². The van der Waals surface area contributed by atoms with Crippen LogP contribution in [0.3, 0.4) is 0 Å². The lowest BCUT2D eigenvalue weighted by Gasteiger charge is -2.29. The van der Waals surface area contributed by atoms with Gasteiger partial charge in [0.25, 0.3) is 17.7 Å². The molecule has 1 heterocycles. The predicted octanol–water partition coefficient (Wildman–Crippen LogP) is 7.89. The third-order valence-corrected chi connectivity index (χ3v) is 10.7. The normalized spacial score (nSPS) is 12.7. The number of fused-ring (bicyclic) bond motifs is 1. The third-order valence-electron chi connectivity index (χ3n) is 5.38. The van der Waals surface area contributed by atoms with Crippen molar-refractivity contribution in [3.63, 3.8) is 0 Å². The van der Waals surface area contributed by atoms with Crippen LogP contribution >= 0.6 is 86.9 Å². The number of carbonyl (C=O) groups excluding carboxylic acids is 4. The van der Waals surface area contributed by atoms with Gasteiger partial charge in [0.1, 0.15) is 6.54 Å². The van der Waals surface area contributed by atoms with Gasteiger partial charge >= 0.3 is 0 Å². The van der Waals surface area contributed by atoms with Crippen LogP contribution in [0.5, 0.6) is 0 Å². The van der Waals surface area contributed by atoms with Gasteiger partial charge in [-0.15, -0.1) is 0 Å². The van der Waals surface area contributed by atoms with Crippen LogP contribution in [-0.4, -0.2) is 40.1 Å². The molecule has 0 aliphatic carbocycles. The lowest BCUT2D eigenvalue weighted by atomic mass is 10.1. The molecule has 0 N–H and O–H groups in total. The minimum atomic E-state index is -0.822. The summed E-state index contributed by atoms with van der Waals surface area (Å²) in [4.78, 5) is 54.0. The number of hydrogen-bond acceptors (Lipinski definition) is 4. The van der Waals surface area contributed by atoms with E-state index < -0.39 is 30.0 Å². The monoisotopic (exact) mass is 778 g/mol. The Kier molecular flexibility index (Phi) is 8.14. The van der Waals surface area contributed by atoms with Crippen molar-refractivity contribution in [3.05, 3.63) is 98.2 Å². The van der Waals surface area contributed by atoms with Crippen molar-refractivity contribution in [1.29, 1.82) is 0 Å². The molecule has 0 fully saturated rings. The Morgan fingerprint density at radius 1 is 0.833 bits per heavy atom. The van der Waals surface area contributed by atoms with Crippen molar-refractivity contribution >= 4 is 110 Å². The molecule has 0 bridgehead atoms. The Morgan fingerprint density at radius 3 is 1.86 bits per heavy atom. The summed E-state index contributed by atoms with van der Waals surface area (Å²) in [5.74, 6) is -2.88. The van der Waals surface area contributed by atoms with Gasteiger partial charge in [0.05, 0.1) is 21.7 Å². The predicted molar refractivity (Wildman–Crippen MR) is 151 cm³/mol. The van der Waals surface area contributed by atoms with Gasteiger partial charge in [-0.2, -0.15) is 5.01 Å². The average molecular weight is 783 g/mol. The van der Waals surface area contributed by atoms with Crippen molar-refractivity contribution in [2.45, 2.75) is 6.92 Å². The molecule has 3 aromatic rings. The minimum absolute atomic E-state index is 0.00439. The number of imide groups is 1. The number of rotatable bonds is 5. The molecule has 0 atom stereocenters. The molecule has 1 aliphatic heterocycles. The van der Waals surface area contributed by atoms with Gasteiger partial charge in [-0.3, -0.25) is 19.2 Å². The van der Waals surface area contributed by atoms with Crippen molar-refractivity contribution in [2.75, 3.05) is 6.54 Å². The number of hydrazine groups is 1. The first kappa shape index (κ1) is 27.5. The number of amides is 3. The summed E-state index contributed by atoms with van der Waals surface area (Å²) in [6.45, 7) is 1.28. The van der Waals surface area contributed by atoms with E-state index in [1.165, 1.54) is 18.2 Å². The Hall–Kier alpha value is -1.56. The fourth-order valence-corrected chi connectivity index (χ4v) is 6.51. The fourth-order valence-electron chi connectivity index (χ4n) is 3.56. The summed E-state index contributed by atoms with van der Waals surface area (Å²) in [6, 6.07) is 10.9. The van der Waals surface area contributed by atoms with Gasteiger partial charge in [-0.25, -0.2) is 5.01 Å². The van der Waals surface area contributed by atoms with Crippen LogP contribution in [0, 0.1) is 6.92 Å². The van der Waals surface area contributed by atoms with Gasteiger partial charge in [0.2, 0.25) is 0 Å². The van der Waals surface area contributed by atoms with Gasteiger partial charge in [-0.05, 0) is 88.8 Å². The van der Waals surface area contributed by atoms with E-state index >= 15 is 0 Å². The second-order valence-corrected chi connectivity index (χ2v) is 11.7. The average Bonchev–Trinajstić information content (AvgIpc) is 3.09. The van der Waals surface area contributed by atoms with Gasteiger partial charge in [0, 0.05) is 28.5 Å². The van der Waals surface area contributed by atoms with E-state index in [2.05, 4.69) is 63.7 Å². The van der Waals surface area contributed by atoms with E-state index in [4.69, 9.17) is 23.2 Å². The molecular weight excluding hydrogens is 771 g/mol. The summed E-state index contributed by atoms with van der Waals surface area (Å²) < 4.78 is 1.61. The molecule has 1 aliphatic rings. The van der Waals surface area contributed by atoms with E-state index in [0.29, 0.717) is 33.5 Å². The Balaban J connectivity index is 1.84. The Bertz CT molecular complexity index is 1430. The molecule has 3 amide bonds. The fraction of sp³-hybridized carbons (Fsp3) is 0.0833. The molecule has 6 nitrogen and oxygen atoms in total. The minimum Gasteiger partial charge on any atom is -0.292 e. The number of Topliss-reactive ketones (excluding diaryl/α,β-unsaturated/α-hetero) is 1. The van der Waals surface area contributed by atoms with Crippen molar-refractivity contribution in [1.82, 2.24) is 10.0 Å². The van der Waals surface area contributed by atoms with Crippen LogP contribution in [0.2, 0.25) is 10.0 Å². The molecule has 0 radical (unpaired) electrons. The van der Waals surface area contributed by atoms with E-state index in [-0.39, 0.29) is 21.7 Å². The third kappa shape index (κ3) is 4.83. The number of halogens is 6. The number of hydrogen-bond donors (Lipinski definition) is 0. The second-order valence-electron chi connectivity index (χ2n) is 7.70. The molecule has 36 heavy (non-hydrogen) atoms. The highest BCUT2D eigenvalue weighted by molar-refractivity contribution is 9.15. The van der Waals surface area contributed by atoms with Crippen LogP contribution in [0.4, 0.5) is 0 Å². The van der Waals surface area contributed by atoms with Crippen molar-refractivity contribution < 1.29 is 19.2 Å². The zero-order chi connectivity index (χ0) is 26.5. The first-order chi connectivity index (χ1) is 16.9. The Morgan fingerprint density at radius 2 is 1.36 bits per heavy atom. The maximum absolute atomic E-state index is 13.7. The van der Waals surface area contributed by atoms with Crippen molar-refractivity contribution in [3.8, 4) is 0 Å². The molecule has 0 saturated heterocycles. The van der Waals surface area contributed by atoms with Crippen molar-refractivity contribution in [2.24, 2.45) is 0 Å². The molecule has 4 rings (SSSR count). The second kappa shape index (κ2) is 10.7. The SMILES string of the molecule is Cc1ccc(C(=O)CN(C(=O)c2ccc(Cl)cc2Cl)N2C(=O)c3c(Br)c(Br)c(Br)c(Br)c3C2=O)cc1. The number of aryl methyl sites for hydroxylation is 1. The number of ketones is 1. The van der Waals surface area contributed by atoms with E-state index in [0.717, 1.165) is 10.6 Å². The highest BCUT2D eigenvalue weighted by atomic mass is 79.9. The van der Waals surface area contributed by atoms with Crippen LogP contribution in [0.1, 0.15) is 47.0 Å². The zero-order valence-electron chi connectivity index (χ0n) is 18.0. The first-order valence-electron chi connectivity index (χ1n) is 10.1. The quantitative estimate of drug-likeness (QED) is 0.114. The largest absolute Gasteiger partial charge is 0.292 e. The van der Waals surface area contributed by atoms with E-state index in [1.807, 2.05) is 6.92 Å². The standard InChI is InChI=1S/C24H12Br4Cl2N2O4/c1-10-2-4-11(5-3-10)15(33)9-31(22(34)13-7-6-12(29)8-14(13)30)32-23(35)16-17(24(32)36)19(26)21(28)20(27)18(16)25/h2-8H,9H2,1H3. The number of carbonyl (C=O) groups is 4. The number of benzene rings is 3. The zero-order valence-corrected chi connectivity index (χ0v) is 25.9. The first-order valence-corrected chi connectivity index (χ1v) is 14.0. The van der Waals surface area contributed by atoms with Gasteiger partial charge < -0.3 is 0 Å². The highest BCUT2D eigenvalue weighted by Crippen LogP contribution is 2.45.